The molecule has 0 saturated heterocycles. The number of hydrogen-bond acceptors (Lipinski definition) is 3. The molecule has 0 amide bonds. The summed E-state index contributed by atoms with van der Waals surface area (Å²) in [5.74, 6) is 0.680. The molecule has 1 atom stereocenters. The van der Waals surface area contributed by atoms with Gasteiger partial charge in [0, 0.05) is 18.7 Å². The van der Waals surface area contributed by atoms with Gasteiger partial charge in [-0.05, 0) is 18.1 Å². The number of ether oxygens (including phenoxy) is 1. The van der Waals surface area contributed by atoms with Crippen LogP contribution < -0.4 is 15.8 Å². The highest BCUT2D eigenvalue weighted by molar-refractivity contribution is 5.50. The Hall–Kier alpha value is -1.29. The molecule has 16 heavy (non-hydrogen) atoms. The zero-order chi connectivity index (χ0) is 12.1. The summed E-state index contributed by atoms with van der Waals surface area (Å²) < 4.78 is 18.6. The van der Waals surface area contributed by atoms with E-state index in [-0.39, 0.29) is 11.9 Å². The van der Waals surface area contributed by atoms with E-state index in [9.17, 15) is 4.39 Å². The average molecular weight is 226 g/mol. The van der Waals surface area contributed by atoms with Crippen molar-refractivity contribution in [3.63, 3.8) is 0 Å². The van der Waals surface area contributed by atoms with Gasteiger partial charge in [0.25, 0.3) is 0 Å². The molecule has 0 heterocycles. The van der Waals surface area contributed by atoms with Gasteiger partial charge in [-0.2, -0.15) is 0 Å². The monoisotopic (exact) mass is 226 g/mol. The van der Waals surface area contributed by atoms with Crippen molar-refractivity contribution in [2.24, 2.45) is 11.7 Å². The van der Waals surface area contributed by atoms with Gasteiger partial charge in [-0.15, -0.1) is 0 Å². The van der Waals surface area contributed by atoms with Gasteiger partial charge in [-0.3, -0.25) is 0 Å². The summed E-state index contributed by atoms with van der Waals surface area (Å²) in [7, 11) is 1.56. The molecule has 1 aromatic carbocycles. The minimum atomic E-state index is -0.292. The fraction of sp³-hybridized carbons (Fsp3) is 0.500. The van der Waals surface area contributed by atoms with Gasteiger partial charge in [0.15, 0.2) is 0 Å². The summed E-state index contributed by atoms with van der Waals surface area (Å²) in [6, 6.07) is 4.67. The quantitative estimate of drug-likeness (QED) is 0.809. The molecule has 0 spiro atoms. The van der Waals surface area contributed by atoms with Gasteiger partial charge in [-0.1, -0.05) is 13.8 Å². The lowest BCUT2D eigenvalue weighted by Crippen LogP contribution is -2.34. The Morgan fingerprint density at radius 3 is 2.62 bits per heavy atom. The van der Waals surface area contributed by atoms with Crippen LogP contribution in [0, 0.1) is 11.7 Å². The van der Waals surface area contributed by atoms with Crippen LogP contribution in [0.5, 0.6) is 5.75 Å². The minimum absolute atomic E-state index is 0.0570. The van der Waals surface area contributed by atoms with E-state index in [2.05, 4.69) is 5.32 Å². The summed E-state index contributed by atoms with van der Waals surface area (Å²) in [4.78, 5) is 0. The fourth-order valence-electron chi connectivity index (χ4n) is 1.44. The molecule has 0 aromatic heterocycles. The summed E-state index contributed by atoms with van der Waals surface area (Å²) in [6.45, 7) is 4.56. The topological polar surface area (TPSA) is 47.3 Å². The number of benzene rings is 1. The Morgan fingerprint density at radius 2 is 2.12 bits per heavy atom. The molecule has 0 aliphatic heterocycles. The predicted molar refractivity (Wildman–Crippen MR) is 64.3 cm³/mol. The molecule has 90 valence electrons. The van der Waals surface area contributed by atoms with Gasteiger partial charge >= 0.3 is 0 Å². The van der Waals surface area contributed by atoms with Gasteiger partial charge in [-0.25, -0.2) is 4.39 Å². The molecule has 0 aliphatic rings. The van der Waals surface area contributed by atoms with E-state index in [0.717, 1.165) is 0 Å². The van der Waals surface area contributed by atoms with Gasteiger partial charge in [0.05, 0.1) is 12.8 Å². The largest absolute Gasteiger partial charge is 0.497 e. The number of methoxy groups -OCH3 is 1. The number of nitrogens with two attached hydrogens (primary N) is 1. The van der Waals surface area contributed by atoms with E-state index in [4.69, 9.17) is 10.5 Å². The van der Waals surface area contributed by atoms with Crippen LogP contribution in [0.3, 0.4) is 0 Å². The predicted octanol–water partition coefficient (Wildman–Crippen LogP) is 2.23. The number of halogens is 1. The van der Waals surface area contributed by atoms with Crippen LogP contribution in [0.15, 0.2) is 18.2 Å². The van der Waals surface area contributed by atoms with Crippen molar-refractivity contribution in [2.45, 2.75) is 19.9 Å². The van der Waals surface area contributed by atoms with Crippen LogP contribution in [-0.2, 0) is 0 Å². The van der Waals surface area contributed by atoms with E-state index in [1.165, 1.54) is 6.07 Å². The maximum Gasteiger partial charge on any atom is 0.146 e. The second kappa shape index (κ2) is 5.70. The molecule has 3 N–H and O–H groups in total. The van der Waals surface area contributed by atoms with Crippen molar-refractivity contribution in [3.05, 3.63) is 24.0 Å². The molecular formula is C12H19FN2O. The zero-order valence-corrected chi connectivity index (χ0v) is 9.96. The molecule has 4 heteroatoms. The van der Waals surface area contributed by atoms with Crippen LogP contribution in [0.4, 0.5) is 10.1 Å². The van der Waals surface area contributed by atoms with Crippen LogP contribution in [0.25, 0.3) is 0 Å². The SMILES string of the molecule is COc1ccc(F)c(NC(CN)C(C)C)c1. The average Bonchev–Trinajstić information content (AvgIpc) is 2.27. The molecule has 3 nitrogen and oxygen atoms in total. The van der Waals surface area contributed by atoms with E-state index in [1.54, 1.807) is 19.2 Å². The second-order valence-corrected chi connectivity index (χ2v) is 4.08. The Labute approximate surface area is 95.8 Å². The number of hydrogen-bond donors (Lipinski definition) is 2. The summed E-state index contributed by atoms with van der Waals surface area (Å²) in [6.07, 6.45) is 0. The second-order valence-electron chi connectivity index (χ2n) is 4.08. The normalized spacial score (nSPS) is 12.6. The van der Waals surface area contributed by atoms with Crippen molar-refractivity contribution < 1.29 is 9.13 Å². The smallest absolute Gasteiger partial charge is 0.146 e. The highest BCUT2D eigenvalue weighted by Crippen LogP contribution is 2.22. The molecular weight excluding hydrogens is 207 g/mol. The Balaban J connectivity index is 2.86. The molecule has 0 bridgehead atoms. The summed E-state index contributed by atoms with van der Waals surface area (Å²) >= 11 is 0. The third kappa shape index (κ3) is 3.10. The van der Waals surface area contributed by atoms with Crippen molar-refractivity contribution in [1.82, 2.24) is 0 Å². The molecule has 0 radical (unpaired) electrons. The van der Waals surface area contributed by atoms with E-state index in [1.807, 2.05) is 13.8 Å². The lowest BCUT2D eigenvalue weighted by atomic mass is 10.0. The molecule has 1 aromatic rings. The Kier molecular flexibility index (Phi) is 4.55. The lowest BCUT2D eigenvalue weighted by Gasteiger charge is -2.22. The molecule has 0 aliphatic carbocycles. The van der Waals surface area contributed by atoms with Crippen LogP contribution >= 0.6 is 0 Å². The van der Waals surface area contributed by atoms with Gasteiger partial charge in [0.1, 0.15) is 11.6 Å². The summed E-state index contributed by atoms with van der Waals surface area (Å²) in [5, 5.41) is 3.09. The number of rotatable bonds is 5. The summed E-state index contributed by atoms with van der Waals surface area (Å²) in [5.41, 5.74) is 6.06. The van der Waals surface area contributed by atoms with Gasteiger partial charge < -0.3 is 15.8 Å². The first-order chi connectivity index (χ1) is 7.58. The number of nitrogens with one attached hydrogen (secondary N) is 1. The number of anilines is 1. The highest BCUT2D eigenvalue weighted by Gasteiger charge is 2.13. The third-order valence-corrected chi connectivity index (χ3v) is 2.57. The van der Waals surface area contributed by atoms with Gasteiger partial charge in [0.2, 0.25) is 0 Å². The lowest BCUT2D eigenvalue weighted by molar-refractivity contribution is 0.413. The maximum absolute atomic E-state index is 13.5. The van der Waals surface area contributed by atoms with Crippen molar-refractivity contribution >= 4 is 5.69 Å². The molecule has 0 saturated carbocycles. The fourth-order valence-corrected chi connectivity index (χ4v) is 1.44. The molecule has 1 rings (SSSR count). The Bertz CT molecular complexity index is 342. The van der Waals surface area contributed by atoms with Crippen LogP contribution in [-0.4, -0.2) is 19.7 Å². The van der Waals surface area contributed by atoms with Crippen LogP contribution in [0.2, 0.25) is 0 Å². The maximum atomic E-state index is 13.5. The minimum Gasteiger partial charge on any atom is -0.497 e. The van der Waals surface area contributed by atoms with Crippen molar-refractivity contribution in [2.75, 3.05) is 19.0 Å². The Morgan fingerprint density at radius 1 is 1.44 bits per heavy atom. The standard InChI is InChI=1S/C12H19FN2O/c1-8(2)12(7-14)15-11-6-9(16-3)4-5-10(11)13/h4-6,8,12,15H,7,14H2,1-3H3. The van der Waals surface area contributed by atoms with Crippen molar-refractivity contribution in [3.8, 4) is 5.75 Å². The first-order valence-electron chi connectivity index (χ1n) is 5.38. The third-order valence-electron chi connectivity index (χ3n) is 2.57. The zero-order valence-electron chi connectivity index (χ0n) is 9.96. The van der Waals surface area contributed by atoms with Crippen molar-refractivity contribution in [1.29, 1.82) is 0 Å². The molecule has 0 fully saturated rings. The first kappa shape index (κ1) is 12.8. The highest BCUT2D eigenvalue weighted by atomic mass is 19.1. The van der Waals surface area contributed by atoms with E-state index < -0.39 is 0 Å². The van der Waals surface area contributed by atoms with E-state index >= 15 is 0 Å². The van der Waals surface area contributed by atoms with Crippen LogP contribution in [0.1, 0.15) is 13.8 Å². The molecule has 1 unspecified atom stereocenters. The first-order valence-corrected chi connectivity index (χ1v) is 5.38. The van der Waals surface area contributed by atoms with E-state index in [0.29, 0.717) is 23.9 Å².